The minimum atomic E-state index is -0.517. The minimum absolute atomic E-state index is 0.0359. The zero-order chi connectivity index (χ0) is 19.6. The highest BCUT2D eigenvalue weighted by atomic mass is 16.6. The molecule has 9 heteroatoms. The van der Waals surface area contributed by atoms with E-state index in [1.807, 2.05) is 20.8 Å². The molecule has 3 amide bonds. The van der Waals surface area contributed by atoms with Gasteiger partial charge in [0, 0.05) is 32.7 Å². The molecule has 0 unspecified atom stereocenters. The highest BCUT2D eigenvalue weighted by Crippen LogP contribution is 2.15. The van der Waals surface area contributed by atoms with Crippen LogP contribution in [0.15, 0.2) is 0 Å². The summed E-state index contributed by atoms with van der Waals surface area (Å²) < 4.78 is 15.1. The summed E-state index contributed by atoms with van der Waals surface area (Å²) in [4.78, 5) is 36.8. The first-order chi connectivity index (χ1) is 12.2. The van der Waals surface area contributed by atoms with Crippen LogP contribution in [0, 0.1) is 0 Å². The number of hydrogen-bond donors (Lipinski definition) is 2. The topological polar surface area (TPSA) is 106 Å². The fraction of sp³-hybridized carbons (Fsp3) is 0.824. The minimum Gasteiger partial charge on any atom is -0.450 e. The lowest BCUT2D eigenvalue weighted by atomic mass is 10.1. The highest BCUT2D eigenvalue weighted by Gasteiger charge is 2.27. The Labute approximate surface area is 154 Å². The first-order valence-corrected chi connectivity index (χ1v) is 8.88. The number of methoxy groups -OCH3 is 1. The lowest BCUT2D eigenvalue weighted by Gasteiger charge is -2.33. The second-order valence-corrected chi connectivity index (χ2v) is 7.16. The Morgan fingerprint density at radius 2 is 1.81 bits per heavy atom. The monoisotopic (exact) mass is 373 g/mol. The van der Waals surface area contributed by atoms with Crippen molar-refractivity contribution in [2.24, 2.45) is 0 Å². The molecule has 150 valence electrons. The van der Waals surface area contributed by atoms with Gasteiger partial charge in [-0.2, -0.15) is 0 Å². The molecule has 26 heavy (non-hydrogen) atoms. The Balaban J connectivity index is 2.15. The normalized spacial score (nSPS) is 15.3. The molecule has 1 aliphatic rings. The molecule has 0 atom stereocenters. The number of nitrogens with one attached hydrogen (secondary N) is 2. The quantitative estimate of drug-likeness (QED) is 0.519. The summed E-state index contributed by atoms with van der Waals surface area (Å²) in [6, 6.07) is -0.0359. The molecule has 0 aliphatic carbocycles. The smallest absolute Gasteiger partial charge is 0.410 e. The van der Waals surface area contributed by atoms with Crippen LogP contribution in [0.3, 0.4) is 0 Å². The summed E-state index contributed by atoms with van der Waals surface area (Å²) in [6.45, 7) is 6.88. The Kier molecular flexibility index (Phi) is 9.18. The third kappa shape index (κ3) is 9.45. The van der Waals surface area contributed by atoms with Crippen molar-refractivity contribution in [3.05, 3.63) is 0 Å². The second-order valence-electron chi connectivity index (χ2n) is 7.16. The largest absolute Gasteiger partial charge is 0.450 e. The zero-order valence-electron chi connectivity index (χ0n) is 16.1. The molecule has 1 saturated heterocycles. The zero-order valence-corrected chi connectivity index (χ0v) is 16.1. The summed E-state index contributed by atoms with van der Waals surface area (Å²) >= 11 is 0. The molecule has 0 aromatic rings. The van der Waals surface area contributed by atoms with E-state index in [4.69, 9.17) is 14.2 Å². The highest BCUT2D eigenvalue weighted by molar-refractivity contribution is 5.75. The van der Waals surface area contributed by atoms with Gasteiger partial charge in [0.05, 0.1) is 6.61 Å². The number of amides is 3. The molecule has 0 spiro atoms. The van der Waals surface area contributed by atoms with Gasteiger partial charge in [-0.25, -0.2) is 9.59 Å². The number of ether oxygens (including phenoxy) is 3. The van der Waals surface area contributed by atoms with Gasteiger partial charge in [-0.3, -0.25) is 4.79 Å². The number of piperidine rings is 1. The standard InChI is InChI=1S/C17H31N3O6/c1-17(2,3)26-16(23)20-9-7-13(8-10-20)19-15(22)25-11-5-6-14(21)18-12-24-4/h13H,5-12H2,1-4H3,(H,18,21)(H,19,22). The van der Waals surface area contributed by atoms with E-state index < -0.39 is 11.7 Å². The van der Waals surface area contributed by atoms with Gasteiger partial charge in [-0.1, -0.05) is 0 Å². The van der Waals surface area contributed by atoms with E-state index in [1.54, 1.807) is 4.90 Å². The Morgan fingerprint density at radius 1 is 1.15 bits per heavy atom. The van der Waals surface area contributed by atoms with E-state index in [1.165, 1.54) is 7.11 Å². The van der Waals surface area contributed by atoms with E-state index in [2.05, 4.69) is 10.6 Å². The van der Waals surface area contributed by atoms with E-state index >= 15 is 0 Å². The molecule has 2 N–H and O–H groups in total. The Hall–Kier alpha value is -2.03. The van der Waals surface area contributed by atoms with Gasteiger partial charge >= 0.3 is 12.2 Å². The van der Waals surface area contributed by atoms with Gasteiger partial charge in [0.2, 0.25) is 5.91 Å². The fourth-order valence-electron chi connectivity index (χ4n) is 2.38. The predicted octanol–water partition coefficient (Wildman–Crippen LogP) is 1.61. The van der Waals surface area contributed by atoms with Gasteiger partial charge in [0.15, 0.2) is 0 Å². The van der Waals surface area contributed by atoms with Gasteiger partial charge in [-0.15, -0.1) is 0 Å². The van der Waals surface area contributed by atoms with Crippen LogP contribution in [-0.4, -0.2) is 68.2 Å². The van der Waals surface area contributed by atoms with E-state index in [0.29, 0.717) is 32.4 Å². The van der Waals surface area contributed by atoms with Gasteiger partial charge in [-0.05, 0) is 40.0 Å². The van der Waals surface area contributed by atoms with Crippen molar-refractivity contribution in [1.29, 1.82) is 0 Å². The van der Waals surface area contributed by atoms with Crippen LogP contribution >= 0.6 is 0 Å². The molecule has 0 bridgehead atoms. The third-order valence-corrected chi connectivity index (χ3v) is 3.66. The SMILES string of the molecule is COCNC(=O)CCCOC(=O)NC1CCN(C(=O)OC(C)(C)C)CC1. The fourth-order valence-corrected chi connectivity index (χ4v) is 2.38. The number of hydrogen-bond acceptors (Lipinski definition) is 6. The molecule has 1 aliphatic heterocycles. The second kappa shape index (κ2) is 10.8. The van der Waals surface area contributed by atoms with Gasteiger partial charge < -0.3 is 29.7 Å². The number of nitrogens with zero attached hydrogens (tertiary/aromatic N) is 1. The van der Waals surface area contributed by atoms with Gasteiger partial charge in [0.1, 0.15) is 12.3 Å². The molecular formula is C17H31N3O6. The number of alkyl carbamates (subject to hydrolysis) is 1. The predicted molar refractivity (Wildman–Crippen MR) is 94.6 cm³/mol. The molecule has 1 fully saturated rings. The summed E-state index contributed by atoms with van der Waals surface area (Å²) in [5, 5.41) is 5.34. The molecule has 0 aromatic heterocycles. The van der Waals surface area contributed by atoms with Crippen molar-refractivity contribution in [3.8, 4) is 0 Å². The lowest BCUT2D eigenvalue weighted by Crippen LogP contribution is -2.47. The summed E-state index contributed by atoms with van der Waals surface area (Å²) in [6.07, 6.45) is 1.18. The van der Waals surface area contributed by atoms with Crippen LogP contribution < -0.4 is 10.6 Å². The maximum Gasteiger partial charge on any atom is 0.410 e. The van der Waals surface area contributed by atoms with E-state index in [-0.39, 0.29) is 37.8 Å². The Morgan fingerprint density at radius 3 is 2.38 bits per heavy atom. The molecule has 0 aromatic carbocycles. The summed E-state index contributed by atoms with van der Waals surface area (Å²) in [5.74, 6) is -0.148. The van der Waals surface area contributed by atoms with Crippen LogP contribution in [-0.2, 0) is 19.0 Å². The summed E-state index contributed by atoms with van der Waals surface area (Å²) in [7, 11) is 1.49. The maximum absolute atomic E-state index is 12.0. The van der Waals surface area contributed by atoms with Crippen molar-refractivity contribution in [2.75, 3.05) is 33.5 Å². The molecule has 0 saturated carbocycles. The maximum atomic E-state index is 12.0. The van der Waals surface area contributed by atoms with Crippen LogP contribution in [0.2, 0.25) is 0 Å². The van der Waals surface area contributed by atoms with Crippen molar-refractivity contribution < 1.29 is 28.6 Å². The molecular weight excluding hydrogens is 342 g/mol. The molecule has 0 radical (unpaired) electrons. The molecule has 1 rings (SSSR count). The number of carbonyl (C=O) groups is 3. The Bertz CT molecular complexity index is 470. The van der Waals surface area contributed by atoms with Crippen molar-refractivity contribution in [3.63, 3.8) is 0 Å². The number of carbonyl (C=O) groups excluding carboxylic acids is 3. The average molecular weight is 373 g/mol. The van der Waals surface area contributed by atoms with Crippen molar-refractivity contribution in [1.82, 2.24) is 15.5 Å². The third-order valence-electron chi connectivity index (χ3n) is 3.66. The van der Waals surface area contributed by atoms with Crippen LogP contribution in [0.1, 0.15) is 46.5 Å². The van der Waals surface area contributed by atoms with Crippen LogP contribution in [0.5, 0.6) is 0 Å². The van der Waals surface area contributed by atoms with Crippen LogP contribution in [0.4, 0.5) is 9.59 Å². The van der Waals surface area contributed by atoms with Gasteiger partial charge in [0.25, 0.3) is 0 Å². The van der Waals surface area contributed by atoms with Crippen molar-refractivity contribution >= 4 is 18.1 Å². The van der Waals surface area contributed by atoms with E-state index in [0.717, 1.165) is 0 Å². The summed E-state index contributed by atoms with van der Waals surface area (Å²) in [5.41, 5.74) is -0.517. The van der Waals surface area contributed by atoms with E-state index in [9.17, 15) is 14.4 Å². The molecule has 1 heterocycles. The average Bonchev–Trinajstić information content (AvgIpc) is 2.56. The lowest BCUT2D eigenvalue weighted by molar-refractivity contribution is -0.122. The first kappa shape index (κ1) is 22.0. The molecule has 9 nitrogen and oxygen atoms in total. The first-order valence-electron chi connectivity index (χ1n) is 8.88. The van der Waals surface area contributed by atoms with Crippen molar-refractivity contribution in [2.45, 2.75) is 58.1 Å². The number of rotatable bonds is 7. The number of likely N-dealkylation sites (tertiary alicyclic amines) is 1. The van der Waals surface area contributed by atoms with Crippen LogP contribution in [0.25, 0.3) is 0 Å².